The Hall–Kier alpha value is -0.890. The van der Waals surface area contributed by atoms with E-state index in [0.717, 1.165) is 16.9 Å². The highest BCUT2D eigenvalue weighted by molar-refractivity contribution is 6.37. The van der Waals surface area contributed by atoms with Crippen LogP contribution in [0.15, 0.2) is 42.5 Å². The van der Waals surface area contributed by atoms with E-state index in [-0.39, 0.29) is 5.38 Å². The van der Waals surface area contributed by atoms with E-state index >= 15 is 0 Å². The van der Waals surface area contributed by atoms with Crippen molar-refractivity contribution in [1.29, 1.82) is 0 Å². The topological polar surface area (TPSA) is 9.23 Å². The molecule has 0 saturated heterocycles. The van der Waals surface area contributed by atoms with Crippen molar-refractivity contribution < 1.29 is 4.74 Å². The van der Waals surface area contributed by atoms with Gasteiger partial charge in [-0.1, -0.05) is 47.5 Å². The second-order valence-corrected chi connectivity index (χ2v) is 5.46. The Kier molecular flexibility index (Phi) is 4.98. The molecule has 0 bridgehead atoms. The van der Waals surface area contributed by atoms with Crippen molar-refractivity contribution in [3.05, 3.63) is 63.6 Å². The number of alkyl halides is 1. The van der Waals surface area contributed by atoms with Gasteiger partial charge in [0.15, 0.2) is 0 Å². The summed E-state index contributed by atoms with van der Waals surface area (Å²) in [5.41, 5.74) is 1.79. The first-order valence-electron chi connectivity index (χ1n) is 5.83. The predicted molar refractivity (Wildman–Crippen MR) is 81.8 cm³/mol. The fourth-order valence-corrected chi connectivity index (χ4v) is 3.15. The summed E-state index contributed by atoms with van der Waals surface area (Å²) in [4.78, 5) is 0. The first-order valence-corrected chi connectivity index (χ1v) is 7.02. The van der Waals surface area contributed by atoms with Crippen LogP contribution in [0, 0.1) is 0 Å². The van der Waals surface area contributed by atoms with Crippen LogP contribution < -0.4 is 4.74 Å². The third-order valence-corrected chi connectivity index (χ3v) is 3.94. The van der Waals surface area contributed by atoms with E-state index in [1.807, 2.05) is 24.3 Å². The third kappa shape index (κ3) is 3.36. The molecule has 0 heterocycles. The van der Waals surface area contributed by atoms with E-state index in [1.165, 1.54) is 0 Å². The van der Waals surface area contributed by atoms with Crippen LogP contribution in [-0.2, 0) is 6.42 Å². The predicted octanol–water partition coefficient (Wildman–Crippen LogP) is 5.52. The first kappa shape index (κ1) is 14.5. The Labute approximate surface area is 128 Å². The molecular weight excluding hydrogens is 303 g/mol. The minimum Gasteiger partial charge on any atom is -0.496 e. The Balaban J connectivity index is 2.28. The smallest absolute Gasteiger partial charge is 0.122 e. The van der Waals surface area contributed by atoms with Crippen LogP contribution in [-0.4, -0.2) is 7.11 Å². The quantitative estimate of drug-likeness (QED) is 0.675. The molecule has 2 rings (SSSR count). The van der Waals surface area contributed by atoms with Crippen LogP contribution in [0.2, 0.25) is 10.0 Å². The van der Waals surface area contributed by atoms with Gasteiger partial charge in [-0.25, -0.2) is 0 Å². The lowest BCUT2D eigenvalue weighted by Gasteiger charge is -2.15. The monoisotopic (exact) mass is 314 g/mol. The Bertz CT molecular complexity index is 549. The number of hydrogen-bond donors (Lipinski definition) is 0. The van der Waals surface area contributed by atoms with Crippen molar-refractivity contribution >= 4 is 34.8 Å². The van der Waals surface area contributed by atoms with Crippen LogP contribution in [0.4, 0.5) is 0 Å². The van der Waals surface area contributed by atoms with Gasteiger partial charge in [0, 0.05) is 15.6 Å². The maximum atomic E-state index is 6.46. The van der Waals surface area contributed by atoms with Gasteiger partial charge in [0.2, 0.25) is 0 Å². The van der Waals surface area contributed by atoms with Gasteiger partial charge in [-0.3, -0.25) is 0 Å². The molecule has 100 valence electrons. The molecule has 4 heteroatoms. The van der Waals surface area contributed by atoms with E-state index in [0.29, 0.717) is 16.5 Å². The van der Waals surface area contributed by atoms with Gasteiger partial charge in [0.05, 0.1) is 12.5 Å². The highest BCUT2D eigenvalue weighted by Gasteiger charge is 2.17. The minimum atomic E-state index is -0.294. The number of para-hydroxylation sites is 1. The van der Waals surface area contributed by atoms with Crippen molar-refractivity contribution in [2.45, 2.75) is 11.8 Å². The van der Waals surface area contributed by atoms with Crippen molar-refractivity contribution in [2.24, 2.45) is 0 Å². The summed E-state index contributed by atoms with van der Waals surface area (Å²) in [7, 11) is 1.64. The Morgan fingerprint density at radius 1 is 1.00 bits per heavy atom. The molecule has 1 unspecified atom stereocenters. The number of halogens is 3. The Morgan fingerprint density at radius 2 is 1.63 bits per heavy atom. The molecule has 0 amide bonds. The van der Waals surface area contributed by atoms with Crippen LogP contribution in [0.1, 0.15) is 16.5 Å². The van der Waals surface area contributed by atoms with Gasteiger partial charge in [-0.05, 0) is 30.2 Å². The molecule has 0 aromatic heterocycles. The van der Waals surface area contributed by atoms with Gasteiger partial charge in [-0.2, -0.15) is 0 Å². The number of methoxy groups -OCH3 is 1. The zero-order valence-electron chi connectivity index (χ0n) is 10.4. The summed E-state index contributed by atoms with van der Waals surface area (Å²) < 4.78 is 5.32. The van der Waals surface area contributed by atoms with Crippen molar-refractivity contribution in [2.75, 3.05) is 7.11 Å². The Morgan fingerprint density at radius 3 is 2.26 bits per heavy atom. The van der Waals surface area contributed by atoms with Gasteiger partial charge in [0.25, 0.3) is 0 Å². The zero-order chi connectivity index (χ0) is 13.8. The normalized spacial score (nSPS) is 12.2. The molecule has 0 radical (unpaired) electrons. The number of benzene rings is 2. The molecule has 1 nitrogen and oxygen atoms in total. The zero-order valence-corrected chi connectivity index (χ0v) is 12.6. The molecule has 0 aliphatic rings. The molecule has 0 spiro atoms. The molecule has 0 saturated carbocycles. The van der Waals surface area contributed by atoms with Crippen LogP contribution in [0.3, 0.4) is 0 Å². The van der Waals surface area contributed by atoms with Crippen molar-refractivity contribution in [3.8, 4) is 5.75 Å². The molecule has 0 aliphatic carbocycles. The highest BCUT2D eigenvalue weighted by Crippen LogP contribution is 2.37. The minimum absolute atomic E-state index is 0.294. The summed E-state index contributed by atoms with van der Waals surface area (Å²) in [5, 5.41) is 0.877. The average molecular weight is 316 g/mol. The fourth-order valence-electron chi connectivity index (χ4n) is 1.98. The lowest BCUT2D eigenvalue weighted by atomic mass is 10.0. The van der Waals surface area contributed by atoms with E-state index in [1.54, 1.807) is 25.3 Å². The largest absolute Gasteiger partial charge is 0.496 e. The van der Waals surface area contributed by atoms with E-state index in [2.05, 4.69) is 0 Å². The van der Waals surface area contributed by atoms with Crippen LogP contribution in [0.25, 0.3) is 0 Å². The summed E-state index contributed by atoms with van der Waals surface area (Å²) in [6.45, 7) is 0. The van der Waals surface area contributed by atoms with Gasteiger partial charge in [0.1, 0.15) is 5.75 Å². The lowest BCUT2D eigenvalue weighted by Crippen LogP contribution is -2.00. The fraction of sp³-hybridized carbons (Fsp3) is 0.200. The molecule has 1 atom stereocenters. The van der Waals surface area contributed by atoms with Gasteiger partial charge >= 0.3 is 0 Å². The van der Waals surface area contributed by atoms with Gasteiger partial charge < -0.3 is 4.74 Å². The molecule has 0 fully saturated rings. The maximum absolute atomic E-state index is 6.46. The molecular formula is C15H13Cl3O. The van der Waals surface area contributed by atoms with Crippen molar-refractivity contribution in [3.63, 3.8) is 0 Å². The van der Waals surface area contributed by atoms with E-state index in [4.69, 9.17) is 39.5 Å². The van der Waals surface area contributed by atoms with Crippen LogP contribution in [0.5, 0.6) is 5.75 Å². The summed E-state index contributed by atoms with van der Waals surface area (Å²) in [5.74, 6) is 0.816. The SMILES string of the molecule is COc1ccccc1CC(Cl)c1c(Cl)cccc1Cl. The summed E-state index contributed by atoms with van der Waals surface area (Å²) >= 11 is 18.8. The van der Waals surface area contributed by atoms with E-state index in [9.17, 15) is 0 Å². The molecule has 0 aliphatic heterocycles. The van der Waals surface area contributed by atoms with Gasteiger partial charge in [-0.15, -0.1) is 11.6 Å². The first-order chi connectivity index (χ1) is 9.13. The molecule has 2 aromatic rings. The summed E-state index contributed by atoms with van der Waals surface area (Å²) in [6.07, 6.45) is 0.606. The lowest BCUT2D eigenvalue weighted by molar-refractivity contribution is 0.409. The number of ether oxygens (including phenoxy) is 1. The third-order valence-electron chi connectivity index (χ3n) is 2.90. The number of rotatable bonds is 4. The molecule has 2 aromatic carbocycles. The average Bonchev–Trinajstić information content (AvgIpc) is 2.39. The standard InChI is InChI=1S/C15H13Cl3O/c1-19-14-8-3-2-5-10(14)9-13(18)15-11(16)6-4-7-12(15)17/h2-8,13H,9H2,1H3. The second kappa shape index (κ2) is 6.51. The number of hydrogen-bond acceptors (Lipinski definition) is 1. The van der Waals surface area contributed by atoms with Crippen molar-refractivity contribution in [1.82, 2.24) is 0 Å². The second-order valence-electron chi connectivity index (χ2n) is 4.12. The molecule has 19 heavy (non-hydrogen) atoms. The molecule has 0 N–H and O–H groups in total. The maximum Gasteiger partial charge on any atom is 0.122 e. The van der Waals surface area contributed by atoms with Crippen LogP contribution >= 0.6 is 34.8 Å². The van der Waals surface area contributed by atoms with E-state index < -0.39 is 0 Å². The summed E-state index contributed by atoms with van der Waals surface area (Å²) in [6, 6.07) is 13.2. The highest BCUT2D eigenvalue weighted by atomic mass is 35.5.